The van der Waals surface area contributed by atoms with E-state index >= 15 is 0 Å². The molecule has 1 aromatic heterocycles. The van der Waals surface area contributed by atoms with E-state index in [1.165, 1.54) is 9.13 Å². The Kier molecular flexibility index (Phi) is 3.57. The molecule has 0 aliphatic heterocycles. The van der Waals surface area contributed by atoms with Gasteiger partial charge in [-0.15, -0.1) is 0 Å². The Bertz CT molecular complexity index is 728. The molecule has 0 saturated carbocycles. The Morgan fingerprint density at radius 2 is 2.00 bits per heavy atom. The molecule has 0 bridgehead atoms. The highest BCUT2D eigenvalue weighted by atomic mass is 16.2. The van der Waals surface area contributed by atoms with Gasteiger partial charge in [-0.1, -0.05) is 12.1 Å². The van der Waals surface area contributed by atoms with Gasteiger partial charge in [0, 0.05) is 19.6 Å². The molecule has 2 rings (SSSR count). The van der Waals surface area contributed by atoms with Crippen LogP contribution in [0.15, 0.2) is 27.8 Å². The van der Waals surface area contributed by atoms with E-state index < -0.39 is 0 Å². The molecule has 0 amide bonds. The molecule has 5 heteroatoms. The monoisotopic (exact) mass is 261 g/mol. The summed E-state index contributed by atoms with van der Waals surface area (Å²) in [6.07, 6.45) is 0. The first-order chi connectivity index (χ1) is 8.97. The fourth-order valence-corrected chi connectivity index (χ4v) is 2.24. The third-order valence-corrected chi connectivity index (χ3v) is 3.54. The van der Waals surface area contributed by atoms with E-state index in [0.29, 0.717) is 17.4 Å². The predicted octanol–water partition coefficient (Wildman–Crippen LogP) is 0.617. The molecule has 19 heavy (non-hydrogen) atoms. The smallest absolute Gasteiger partial charge is 0.315 e. The van der Waals surface area contributed by atoms with Crippen LogP contribution in [0, 0.1) is 6.92 Å². The van der Waals surface area contributed by atoms with Crippen LogP contribution in [0.5, 0.6) is 0 Å². The van der Waals surface area contributed by atoms with Crippen molar-refractivity contribution < 1.29 is 0 Å². The second-order valence-electron chi connectivity index (χ2n) is 4.92. The van der Waals surface area contributed by atoms with Gasteiger partial charge in [-0.2, -0.15) is 0 Å². The molecular formula is C14H19N3O2. The average molecular weight is 261 g/mol. The first-order valence-corrected chi connectivity index (χ1v) is 6.33. The van der Waals surface area contributed by atoms with Crippen LogP contribution >= 0.6 is 0 Å². The minimum Gasteiger partial charge on any atom is -0.315 e. The van der Waals surface area contributed by atoms with Crippen molar-refractivity contribution in [3.63, 3.8) is 0 Å². The SMILES string of the molecule is CNC(C)Cn1c(=O)c2c(C)cccc2n(C)c1=O. The van der Waals surface area contributed by atoms with Crippen molar-refractivity contribution in [3.8, 4) is 0 Å². The second-order valence-corrected chi connectivity index (χ2v) is 4.92. The number of nitrogens with zero attached hydrogens (tertiary/aromatic N) is 2. The molecule has 0 fully saturated rings. The molecule has 102 valence electrons. The lowest BCUT2D eigenvalue weighted by Crippen LogP contribution is -2.43. The van der Waals surface area contributed by atoms with E-state index in [9.17, 15) is 9.59 Å². The van der Waals surface area contributed by atoms with Gasteiger partial charge in [0.2, 0.25) is 0 Å². The standard InChI is InChI=1S/C14H19N3O2/c1-9-6-5-7-11-12(9)13(18)17(8-10(2)15-3)14(19)16(11)4/h5-7,10,15H,8H2,1-4H3. The van der Waals surface area contributed by atoms with Crippen molar-refractivity contribution in [2.24, 2.45) is 7.05 Å². The van der Waals surface area contributed by atoms with Gasteiger partial charge in [-0.3, -0.25) is 13.9 Å². The molecule has 5 nitrogen and oxygen atoms in total. The molecule has 1 atom stereocenters. The topological polar surface area (TPSA) is 56.0 Å². The summed E-state index contributed by atoms with van der Waals surface area (Å²) in [6, 6.07) is 5.61. The van der Waals surface area contributed by atoms with Gasteiger partial charge < -0.3 is 5.32 Å². The minimum atomic E-state index is -0.273. The first-order valence-electron chi connectivity index (χ1n) is 6.33. The fourth-order valence-electron chi connectivity index (χ4n) is 2.24. The van der Waals surface area contributed by atoms with E-state index in [2.05, 4.69) is 5.32 Å². The molecule has 0 saturated heterocycles. The highest BCUT2D eigenvalue weighted by molar-refractivity contribution is 5.81. The number of aromatic nitrogens is 2. The minimum absolute atomic E-state index is 0.0619. The van der Waals surface area contributed by atoms with E-state index in [-0.39, 0.29) is 17.3 Å². The van der Waals surface area contributed by atoms with Crippen LogP contribution in [-0.4, -0.2) is 22.2 Å². The molecule has 0 radical (unpaired) electrons. The third kappa shape index (κ3) is 2.21. The summed E-state index contributed by atoms with van der Waals surface area (Å²) in [4.78, 5) is 24.8. The Morgan fingerprint density at radius 3 is 2.63 bits per heavy atom. The van der Waals surface area contributed by atoms with Crippen molar-refractivity contribution in [3.05, 3.63) is 44.6 Å². The zero-order valence-electron chi connectivity index (χ0n) is 11.7. The summed E-state index contributed by atoms with van der Waals surface area (Å²) < 4.78 is 2.84. The number of nitrogens with one attached hydrogen (secondary N) is 1. The predicted molar refractivity (Wildman–Crippen MR) is 76.7 cm³/mol. The molecule has 0 aliphatic carbocycles. The van der Waals surface area contributed by atoms with Crippen LogP contribution in [0.1, 0.15) is 12.5 Å². The molecule has 0 aliphatic rings. The molecule has 2 aromatic rings. The van der Waals surface area contributed by atoms with Crippen molar-refractivity contribution in [2.45, 2.75) is 26.4 Å². The Balaban J connectivity index is 2.83. The van der Waals surface area contributed by atoms with E-state index in [1.807, 2.05) is 33.0 Å². The maximum Gasteiger partial charge on any atom is 0.331 e. The quantitative estimate of drug-likeness (QED) is 0.881. The highest BCUT2D eigenvalue weighted by Crippen LogP contribution is 2.11. The van der Waals surface area contributed by atoms with Crippen LogP contribution in [-0.2, 0) is 13.6 Å². The second kappa shape index (κ2) is 5.01. The number of likely N-dealkylation sites (N-methyl/N-ethyl adjacent to an activating group) is 1. The van der Waals surface area contributed by atoms with Gasteiger partial charge in [-0.05, 0) is 32.5 Å². The van der Waals surface area contributed by atoms with Crippen LogP contribution in [0.25, 0.3) is 10.9 Å². The molecule has 0 spiro atoms. The van der Waals surface area contributed by atoms with Crippen LogP contribution in [0.2, 0.25) is 0 Å². The van der Waals surface area contributed by atoms with Gasteiger partial charge in [0.1, 0.15) is 0 Å². The molecular weight excluding hydrogens is 242 g/mol. The van der Waals surface area contributed by atoms with Gasteiger partial charge in [-0.25, -0.2) is 4.79 Å². The Hall–Kier alpha value is -1.88. The van der Waals surface area contributed by atoms with E-state index in [1.54, 1.807) is 13.1 Å². The van der Waals surface area contributed by atoms with Crippen LogP contribution in [0.4, 0.5) is 0 Å². The van der Waals surface area contributed by atoms with Crippen molar-refractivity contribution >= 4 is 10.9 Å². The third-order valence-electron chi connectivity index (χ3n) is 3.54. The fraction of sp³-hybridized carbons (Fsp3) is 0.429. The highest BCUT2D eigenvalue weighted by Gasteiger charge is 2.13. The largest absolute Gasteiger partial charge is 0.331 e. The Morgan fingerprint density at radius 1 is 1.32 bits per heavy atom. The maximum absolute atomic E-state index is 12.5. The van der Waals surface area contributed by atoms with Gasteiger partial charge in [0.25, 0.3) is 5.56 Å². The summed E-state index contributed by atoms with van der Waals surface area (Å²) in [5.41, 5.74) is 1.09. The number of benzene rings is 1. The number of hydrogen-bond acceptors (Lipinski definition) is 3. The molecule has 1 aromatic carbocycles. The van der Waals surface area contributed by atoms with Crippen molar-refractivity contribution in [2.75, 3.05) is 7.05 Å². The van der Waals surface area contributed by atoms with Crippen molar-refractivity contribution in [1.29, 1.82) is 0 Å². The van der Waals surface area contributed by atoms with Gasteiger partial charge >= 0.3 is 5.69 Å². The van der Waals surface area contributed by atoms with Crippen molar-refractivity contribution in [1.82, 2.24) is 14.5 Å². The lowest BCUT2D eigenvalue weighted by Gasteiger charge is -2.15. The number of aryl methyl sites for hydroxylation is 2. The normalized spacial score (nSPS) is 12.8. The number of rotatable bonds is 3. The first kappa shape index (κ1) is 13.5. The number of fused-ring (bicyclic) bond motifs is 1. The van der Waals surface area contributed by atoms with E-state index in [4.69, 9.17) is 0 Å². The van der Waals surface area contributed by atoms with Crippen LogP contribution < -0.4 is 16.6 Å². The molecule has 1 unspecified atom stereocenters. The van der Waals surface area contributed by atoms with E-state index in [0.717, 1.165) is 5.56 Å². The lowest BCUT2D eigenvalue weighted by molar-refractivity contribution is 0.483. The van der Waals surface area contributed by atoms with Gasteiger partial charge in [0.15, 0.2) is 0 Å². The summed E-state index contributed by atoms with van der Waals surface area (Å²) in [5.74, 6) is 0. The summed E-state index contributed by atoms with van der Waals surface area (Å²) >= 11 is 0. The molecule has 1 heterocycles. The zero-order valence-corrected chi connectivity index (χ0v) is 11.7. The maximum atomic E-state index is 12.5. The Labute approximate surface area is 111 Å². The molecule has 1 N–H and O–H groups in total. The zero-order chi connectivity index (χ0) is 14.2. The van der Waals surface area contributed by atoms with Crippen LogP contribution in [0.3, 0.4) is 0 Å². The number of hydrogen-bond donors (Lipinski definition) is 1. The average Bonchev–Trinajstić information content (AvgIpc) is 2.40. The summed E-state index contributed by atoms with van der Waals surface area (Å²) in [7, 11) is 3.51. The summed E-state index contributed by atoms with van der Waals surface area (Å²) in [5, 5.41) is 3.66. The lowest BCUT2D eigenvalue weighted by atomic mass is 10.1. The summed E-state index contributed by atoms with van der Waals surface area (Å²) in [6.45, 7) is 4.19. The van der Waals surface area contributed by atoms with Gasteiger partial charge in [0.05, 0.1) is 10.9 Å².